The third-order valence-electron chi connectivity index (χ3n) is 12.1. The average Bonchev–Trinajstić information content (AvgIpc) is 3.35. The fraction of sp³-hybridized carbons (Fsp3) is 0.529. The van der Waals surface area contributed by atoms with Gasteiger partial charge in [0.15, 0.2) is 0 Å². The van der Waals surface area contributed by atoms with Gasteiger partial charge in [-0.05, 0) is 41.7 Å². The minimum atomic E-state index is -1.89. The Kier molecular flexibility index (Phi) is 27.4. The van der Waals surface area contributed by atoms with Crippen LogP contribution in [-0.4, -0.2) is 147 Å². The van der Waals surface area contributed by atoms with Gasteiger partial charge in [0.2, 0.25) is 59.1 Å². The molecule has 77 heavy (non-hydrogen) atoms. The largest absolute Gasteiger partial charge is 0.481 e. The maximum Gasteiger partial charge on any atom is 0.326 e. The molecule has 2 rings (SSSR count). The minimum Gasteiger partial charge on any atom is -0.481 e. The number of hydrogen-bond donors (Lipinski definition) is 14. The second-order valence-corrected chi connectivity index (χ2v) is 19.4. The van der Waals surface area contributed by atoms with Crippen molar-refractivity contribution in [3.05, 3.63) is 71.8 Å². The molecule has 0 bridgehead atoms. The summed E-state index contributed by atoms with van der Waals surface area (Å²) in [7, 11) is 0. The van der Waals surface area contributed by atoms with Gasteiger partial charge in [0.05, 0.1) is 25.5 Å². The van der Waals surface area contributed by atoms with Gasteiger partial charge < -0.3 is 75.1 Å². The lowest BCUT2D eigenvalue weighted by Gasteiger charge is -2.29. The Morgan fingerprint density at radius 1 is 0.494 bits per heavy atom. The zero-order chi connectivity index (χ0) is 58.1. The lowest BCUT2D eigenvalue weighted by molar-refractivity contribution is -0.142. The zero-order valence-electron chi connectivity index (χ0n) is 44.0. The van der Waals surface area contributed by atoms with Gasteiger partial charge in [-0.3, -0.25) is 52.7 Å². The molecule has 0 aliphatic rings. The molecule has 17 N–H and O–H groups in total. The van der Waals surface area contributed by atoms with Crippen molar-refractivity contribution in [2.24, 2.45) is 35.0 Å². The standard InChI is InChI=1S/C51H75N11O15/c1-7-28(6)42(50(75)57-33(21-29-14-10-8-11-15-29)45(70)60-37(25-63)48(73)59-36(51(76)77)22-30-16-12-9-13-17-30)62-47(72)34(23-39(54)65)56-44(69)32(18-19-38(53)64)55-46(71)35(24-40(66)67)58-49(74)41(27(4)5)61-43(68)31(52)20-26(2)3/h8-17,26-28,31-37,41-42,63H,7,18-25,52H2,1-6H3,(H2,53,64)(H2,54,65)(H,55,71)(H,56,69)(H,57,75)(H,58,74)(H,59,73)(H,60,70)(H,61,68)(H,62,72)(H,66,67)(H,76,77)/t28-,31-,32-,33-,34-,35-,36-,37-,41-,42-/m0/s1. The van der Waals surface area contributed by atoms with Gasteiger partial charge in [-0.25, -0.2) is 4.79 Å². The number of rotatable bonds is 34. The summed E-state index contributed by atoms with van der Waals surface area (Å²) in [6, 6.07) is 2.56. The average molecular weight is 1080 g/mol. The van der Waals surface area contributed by atoms with E-state index in [1.54, 1.807) is 88.4 Å². The van der Waals surface area contributed by atoms with Crippen LogP contribution in [0.4, 0.5) is 0 Å². The topological polar surface area (TPSA) is 440 Å². The van der Waals surface area contributed by atoms with Crippen LogP contribution in [0.15, 0.2) is 60.7 Å². The number of carboxylic acid groups (broad SMARTS) is 2. The van der Waals surface area contributed by atoms with Crippen LogP contribution < -0.4 is 59.7 Å². The molecule has 0 heterocycles. The quantitative estimate of drug-likeness (QED) is 0.0335. The number of carboxylic acids is 2. The summed E-state index contributed by atoms with van der Waals surface area (Å²) in [5.74, 6) is -14.7. The summed E-state index contributed by atoms with van der Waals surface area (Å²) >= 11 is 0. The monoisotopic (exact) mass is 1080 g/mol. The van der Waals surface area contributed by atoms with Gasteiger partial charge in [-0.2, -0.15) is 0 Å². The maximum absolute atomic E-state index is 14.3. The van der Waals surface area contributed by atoms with Gasteiger partial charge >= 0.3 is 11.9 Å². The highest BCUT2D eigenvalue weighted by Gasteiger charge is 2.37. The second kappa shape index (κ2) is 32.4. The molecule has 2 aromatic carbocycles. The van der Waals surface area contributed by atoms with Crippen LogP contribution in [0.25, 0.3) is 0 Å². The lowest BCUT2D eigenvalue weighted by Crippen LogP contribution is -2.62. The first-order valence-electron chi connectivity index (χ1n) is 25.1. The Bertz CT molecular complexity index is 2370. The number of hydrogen-bond acceptors (Lipinski definition) is 14. The van der Waals surface area contributed by atoms with E-state index in [0.29, 0.717) is 11.1 Å². The van der Waals surface area contributed by atoms with Crippen LogP contribution in [0.5, 0.6) is 0 Å². The lowest BCUT2D eigenvalue weighted by atomic mass is 9.96. The second-order valence-electron chi connectivity index (χ2n) is 19.4. The molecule has 0 saturated heterocycles. The Labute approximate surface area is 445 Å². The van der Waals surface area contributed by atoms with E-state index in [1.807, 2.05) is 13.8 Å². The van der Waals surface area contributed by atoms with Gasteiger partial charge in [0.1, 0.15) is 48.3 Å². The molecule has 26 nitrogen and oxygen atoms in total. The number of nitrogens with one attached hydrogen (secondary N) is 8. The number of aliphatic carboxylic acids is 2. The molecule has 0 saturated carbocycles. The molecule has 2 aromatic rings. The van der Waals surface area contributed by atoms with E-state index < -0.39 is 170 Å². The Morgan fingerprint density at radius 3 is 1.39 bits per heavy atom. The third kappa shape index (κ3) is 23.2. The molecule has 0 aromatic heterocycles. The van der Waals surface area contributed by atoms with Crippen molar-refractivity contribution in [2.45, 2.75) is 147 Å². The number of aliphatic hydroxyl groups excluding tert-OH is 1. The molecule has 0 spiro atoms. The van der Waals surface area contributed by atoms with Crippen molar-refractivity contribution in [1.29, 1.82) is 0 Å². The molecule has 0 aliphatic heterocycles. The van der Waals surface area contributed by atoms with Crippen molar-refractivity contribution < 1.29 is 72.9 Å². The van der Waals surface area contributed by atoms with Crippen molar-refractivity contribution in [2.75, 3.05) is 6.61 Å². The van der Waals surface area contributed by atoms with Crippen molar-refractivity contribution in [3.8, 4) is 0 Å². The molecule has 0 unspecified atom stereocenters. The Morgan fingerprint density at radius 2 is 0.909 bits per heavy atom. The molecule has 0 fully saturated rings. The number of aliphatic hydroxyl groups is 1. The van der Waals surface area contributed by atoms with Gasteiger partial charge in [0.25, 0.3) is 0 Å². The zero-order valence-corrected chi connectivity index (χ0v) is 44.0. The highest BCUT2D eigenvalue weighted by Crippen LogP contribution is 2.13. The van der Waals surface area contributed by atoms with Gasteiger partial charge in [-0.1, -0.05) is 109 Å². The molecule has 424 valence electrons. The summed E-state index contributed by atoms with van der Waals surface area (Å²) in [6.07, 6.45) is -2.90. The maximum atomic E-state index is 14.3. The number of carbonyl (C=O) groups is 12. The van der Waals surface area contributed by atoms with Crippen LogP contribution >= 0.6 is 0 Å². The fourth-order valence-corrected chi connectivity index (χ4v) is 7.63. The van der Waals surface area contributed by atoms with Crippen LogP contribution in [0, 0.1) is 17.8 Å². The summed E-state index contributed by atoms with van der Waals surface area (Å²) in [4.78, 5) is 158. The van der Waals surface area contributed by atoms with E-state index in [9.17, 15) is 72.9 Å². The summed E-state index contributed by atoms with van der Waals surface area (Å²) in [6.45, 7) is 9.04. The number of amides is 10. The van der Waals surface area contributed by atoms with E-state index in [0.717, 1.165) is 0 Å². The van der Waals surface area contributed by atoms with E-state index in [1.165, 1.54) is 0 Å². The number of carbonyl (C=O) groups excluding carboxylic acids is 10. The van der Waals surface area contributed by atoms with E-state index in [4.69, 9.17) is 17.2 Å². The molecular formula is C51H75N11O15. The summed E-state index contributed by atoms with van der Waals surface area (Å²) in [5, 5.41) is 48.8. The first-order valence-corrected chi connectivity index (χ1v) is 25.1. The van der Waals surface area contributed by atoms with E-state index >= 15 is 0 Å². The summed E-state index contributed by atoms with van der Waals surface area (Å²) < 4.78 is 0. The molecule has 26 heteroatoms. The summed E-state index contributed by atoms with van der Waals surface area (Å²) in [5.41, 5.74) is 17.9. The molecule has 0 radical (unpaired) electrons. The van der Waals surface area contributed by atoms with E-state index in [2.05, 4.69) is 42.5 Å². The normalized spacial score (nSPS) is 15.0. The Balaban J connectivity index is 2.43. The SMILES string of the molecule is CC[C@H](C)[C@H](NC(=O)[C@H](CC(N)=O)NC(=O)[C@H](CCC(N)=O)NC(=O)[C@H](CC(=O)O)NC(=O)[C@@H](NC(=O)[C@@H](N)CC(C)C)C(C)C)C(=O)N[C@@H](Cc1ccccc1)C(=O)N[C@@H](CO)C(=O)N[C@@H](Cc1ccccc1)C(=O)O. The van der Waals surface area contributed by atoms with E-state index in [-0.39, 0.29) is 31.6 Å². The highest BCUT2D eigenvalue weighted by molar-refractivity contribution is 6.00. The molecule has 0 aliphatic carbocycles. The molecular weight excluding hydrogens is 1010 g/mol. The Hall–Kier alpha value is -8.00. The number of nitrogens with two attached hydrogens (primary N) is 3. The predicted molar refractivity (Wildman–Crippen MR) is 277 cm³/mol. The van der Waals surface area contributed by atoms with Crippen molar-refractivity contribution >= 4 is 71.0 Å². The van der Waals surface area contributed by atoms with Crippen molar-refractivity contribution in [1.82, 2.24) is 42.5 Å². The fourth-order valence-electron chi connectivity index (χ4n) is 7.63. The number of benzene rings is 2. The smallest absolute Gasteiger partial charge is 0.326 e. The van der Waals surface area contributed by atoms with Crippen molar-refractivity contribution in [3.63, 3.8) is 0 Å². The minimum absolute atomic E-state index is 0.0257. The third-order valence-corrected chi connectivity index (χ3v) is 12.1. The number of primary amides is 2. The predicted octanol–water partition coefficient (Wildman–Crippen LogP) is -2.88. The first-order chi connectivity index (χ1) is 36.2. The van der Waals surface area contributed by atoms with Crippen LogP contribution in [0.3, 0.4) is 0 Å². The van der Waals surface area contributed by atoms with Crippen LogP contribution in [-0.2, 0) is 70.4 Å². The van der Waals surface area contributed by atoms with Gasteiger partial charge in [-0.15, -0.1) is 0 Å². The highest BCUT2D eigenvalue weighted by atomic mass is 16.4. The van der Waals surface area contributed by atoms with Gasteiger partial charge in [0, 0.05) is 19.3 Å². The molecule has 10 amide bonds. The van der Waals surface area contributed by atoms with Crippen LogP contribution in [0.2, 0.25) is 0 Å². The van der Waals surface area contributed by atoms with Crippen LogP contribution in [0.1, 0.15) is 91.2 Å². The first kappa shape index (κ1) is 65.1. The molecule has 10 atom stereocenters.